The lowest BCUT2D eigenvalue weighted by Crippen LogP contribution is -1.72. The van der Waals surface area contributed by atoms with Crippen LogP contribution in [0.15, 0.2) is 58.3 Å². The largest absolute Gasteiger partial charge is 0.385 e. The van der Waals surface area contributed by atoms with Gasteiger partial charge in [0.05, 0.1) is 0 Å². The molecule has 0 N–H and O–H groups in total. The first-order valence-corrected chi connectivity index (χ1v) is 5.71. The maximum atomic E-state index is 8.56. The number of benzene rings is 2. The second kappa shape index (κ2) is 5.11. The highest BCUT2D eigenvalue weighted by Crippen LogP contribution is 2.30. The molecule has 0 unspecified atom stereocenters. The van der Waals surface area contributed by atoms with Crippen molar-refractivity contribution < 1.29 is 0 Å². The molecule has 0 aromatic heterocycles. The molecule has 17 heavy (non-hydrogen) atoms. The van der Waals surface area contributed by atoms with Crippen molar-refractivity contribution in [1.29, 1.82) is 10.8 Å². The van der Waals surface area contributed by atoms with Gasteiger partial charge < -0.3 is 0 Å². The quantitative estimate of drug-likeness (QED) is 0.708. The van der Waals surface area contributed by atoms with Crippen LogP contribution in [-0.4, -0.2) is 0 Å². The summed E-state index contributed by atoms with van der Waals surface area (Å²) in [7, 11) is 0. The Balaban J connectivity index is 2.14. The molecule has 5 heteroatoms. The normalized spacial score (nSPS) is 9.29. The van der Waals surface area contributed by atoms with Crippen LogP contribution in [0.25, 0.3) is 9.95 Å². The van der Waals surface area contributed by atoms with Crippen LogP contribution >= 0.6 is 11.8 Å². The zero-order valence-electron chi connectivity index (χ0n) is 8.82. The molecule has 0 saturated heterocycles. The minimum atomic E-state index is 0.531. The van der Waals surface area contributed by atoms with Crippen molar-refractivity contribution in [3.63, 3.8) is 0 Å². The Morgan fingerprint density at radius 3 is 1.29 bits per heavy atom. The van der Waals surface area contributed by atoms with Crippen molar-refractivity contribution in [3.8, 4) is 0 Å². The Morgan fingerprint density at radius 1 is 0.647 bits per heavy atom. The fourth-order valence-corrected chi connectivity index (χ4v) is 2.11. The van der Waals surface area contributed by atoms with E-state index in [-0.39, 0.29) is 0 Å². The Bertz CT molecular complexity index is 535. The van der Waals surface area contributed by atoms with Crippen LogP contribution in [-0.2, 0) is 0 Å². The van der Waals surface area contributed by atoms with Gasteiger partial charge in [-0.2, -0.15) is 0 Å². The van der Waals surface area contributed by atoms with Gasteiger partial charge in [0.2, 0.25) is 10.8 Å². The number of nitrogens with zero attached hydrogens (tertiary/aromatic N) is 4. The number of rotatable bonds is 2. The van der Waals surface area contributed by atoms with Crippen LogP contribution in [0.4, 0.5) is 11.4 Å². The third-order valence-corrected chi connectivity index (χ3v) is 3.16. The van der Waals surface area contributed by atoms with Crippen molar-refractivity contribution in [3.05, 3.63) is 58.5 Å². The van der Waals surface area contributed by atoms with Gasteiger partial charge in [0, 0.05) is 34.1 Å². The molecule has 80 valence electrons. The predicted molar refractivity (Wildman–Crippen MR) is 66.5 cm³/mol. The summed E-state index contributed by atoms with van der Waals surface area (Å²) in [4.78, 5) is 8.28. The zero-order valence-corrected chi connectivity index (χ0v) is 9.63. The van der Waals surface area contributed by atoms with Crippen LogP contribution in [0.2, 0.25) is 0 Å². The average Bonchev–Trinajstić information content (AvgIpc) is 2.40. The van der Waals surface area contributed by atoms with E-state index in [4.69, 9.17) is 10.8 Å². The third-order valence-electron chi connectivity index (χ3n) is 2.14. The van der Waals surface area contributed by atoms with Crippen LogP contribution in [0.3, 0.4) is 0 Å². The highest BCUT2D eigenvalue weighted by atomic mass is 32.2. The topological polar surface area (TPSA) is 56.3 Å². The van der Waals surface area contributed by atoms with Gasteiger partial charge in [0.1, 0.15) is 0 Å². The van der Waals surface area contributed by atoms with E-state index in [0.717, 1.165) is 9.79 Å². The molecular formula is C12H8N4S+2. The molecule has 0 atom stereocenters. The van der Waals surface area contributed by atoms with Gasteiger partial charge >= 0.3 is 11.4 Å². The highest BCUT2D eigenvalue weighted by molar-refractivity contribution is 7.99. The minimum absolute atomic E-state index is 0.531. The van der Waals surface area contributed by atoms with Crippen molar-refractivity contribution >= 4 is 23.1 Å². The van der Waals surface area contributed by atoms with Crippen molar-refractivity contribution in [2.45, 2.75) is 9.79 Å². The maximum Gasteiger partial charge on any atom is 0.385 e. The van der Waals surface area contributed by atoms with Gasteiger partial charge in [0.25, 0.3) is 0 Å². The monoisotopic (exact) mass is 240 g/mol. The molecular weight excluding hydrogens is 232 g/mol. The van der Waals surface area contributed by atoms with Gasteiger partial charge in [-0.25, -0.2) is 0 Å². The number of hydrogen-bond acceptors (Lipinski definition) is 3. The average molecular weight is 240 g/mol. The first-order valence-electron chi connectivity index (χ1n) is 4.90. The number of hydrogen-bond donors (Lipinski definition) is 0. The molecule has 0 saturated carbocycles. The molecule has 0 spiro atoms. The Kier molecular flexibility index (Phi) is 3.34. The molecule has 0 amide bonds. The summed E-state index contributed by atoms with van der Waals surface area (Å²) in [5.41, 5.74) is 1.06. The Morgan fingerprint density at radius 2 is 1.00 bits per heavy atom. The Labute approximate surface area is 103 Å². The zero-order chi connectivity index (χ0) is 12.1. The summed E-state index contributed by atoms with van der Waals surface area (Å²) in [5, 5.41) is 17.1. The second-order valence-corrected chi connectivity index (χ2v) is 4.44. The van der Waals surface area contributed by atoms with E-state index in [2.05, 4.69) is 9.95 Å². The smallest absolute Gasteiger partial charge is 0.0901 e. The maximum absolute atomic E-state index is 8.56. The summed E-state index contributed by atoms with van der Waals surface area (Å²) >= 11 is 1.58. The third kappa shape index (κ3) is 2.81. The summed E-state index contributed by atoms with van der Waals surface area (Å²) in [6, 6.07) is 14.5. The predicted octanol–water partition coefficient (Wildman–Crippen LogP) is 4.81. The van der Waals surface area contributed by atoms with E-state index in [0.29, 0.717) is 11.4 Å². The molecule has 2 aromatic carbocycles. The first-order chi connectivity index (χ1) is 8.31. The molecule has 2 aromatic rings. The van der Waals surface area contributed by atoms with E-state index in [9.17, 15) is 0 Å². The summed E-state index contributed by atoms with van der Waals surface area (Å²) < 4.78 is 0. The molecule has 0 radical (unpaired) electrons. The molecule has 4 nitrogen and oxygen atoms in total. The fourth-order valence-electron chi connectivity index (χ4n) is 1.30. The fraction of sp³-hybridized carbons (Fsp3) is 0. The van der Waals surface area contributed by atoms with E-state index >= 15 is 0 Å². The highest BCUT2D eigenvalue weighted by Gasteiger charge is 2.06. The number of diazo groups is 2. The van der Waals surface area contributed by atoms with Gasteiger partial charge in [-0.1, -0.05) is 11.8 Å². The lowest BCUT2D eigenvalue weighted by Gasteiger charge is -1.98. The van der Waals surface area contributed by atoms with Crippen LogP contribution in [0.1, 0.15) is 0 Å². The molecule has 0 heterocycles. The van der Waals surface area contributed by atoms with Crippen molar-refractivity contribution in [2.75, 3.05) is 0 Å². The van der Waals surface area contributed by atoms with Gasteiger partial charge in [-0.05, 0) is 24.3 Å². The van der Waals surface area contributed by atoms with Crippen LogP contribution < -0.4 is 0 Å². The molecule has 2 rings (SSSR count). The molecule has 0 aliphatic rings. The van der Waals surface area contributed by atoms with Crippen molar-refractivity contribution in [2.24, 2.45) is 0 Å². The summed E-state index contributed by atoms with van der Waals surface area (Å²) in [5.74, 6) is 0. The van der Waals surface area contributed by atoms with Crippen molar-refractivity contribution in [1.82, 2.24) is 0 Å². The molecule has 0 fully saturated rings. The SMILES string of the molecule is N#[N+]c1ccc(Sc2ccc([N+]#N)cc2)cc1. The van der Waals surface area contributed by atoms with Crippen LogP contribution in [0, 0.1) is 10.8 Å². The lowest BCUT2D eigenvalue weighted by molar-refractivity contribution is 1.39. The first kappa shape index (κ1) is 11.1. The van der Waals surface area contributed by atoms with Gasteiger partial charge in [-0.3, -0.25) is 0 Å². The summed E-state index contributed by atoms with van der Waals surface area (Å²) in [6.07, 6.45) is 0. The van der Waals surface area contributed by atoms with Crippen LogP contribution in [0.5, 0.6) is 0 Å². The Hall–Kier alpha value is -2.37. The molecule has 0 bridgehead atoms. The summed E-state index contributed by atoms with van der Waals surface area (Å²) in [6.45, 7) is 0. The second-order valence-electron chi connectivity index (χ2n) is 3.29. The van der Waals surface area contributed by atoms with E-state index < -0.39 is 0 Å². The lowest BCUT2D eigenvalue weighted by atomic mass is 10.3. The van der Waals surface area contributed by atoms with Gasteiger partial charge in [-0.15, -0.1) is 0 Å². The van der Waals surface area contributed by atoms with E-state index in [1.165, 1.54) is 0 Å². The standard InChI is InChI=1S/C12H8N4S/c13-15-9-1-5-11(6-2-9)17-12-7-3-10(16-14)4-8-12/h1-8H/q+2. The van der Waals surface area contributed by atoms with E-state index in [1.54, 1.807) is 36.0 Å². The van der Waals surface area contributed by atoms with E-state index in [1.807, 2.05) is 24.3 Å². The van der Waals surface area contributed by atoms with Gasteiger partial charge in [0.15, 0.2) is 9.95 Å². The molecule has 0 aliphatic carbocycles. The minimum Gasteiger partial charge on any atom is -0.0901 e. The molecule has 0 aliphatic heterocycles.